The van der Waals surface area contributed by atoms with Gasteiger partial charge in [0.1, 0.15) is 5.60 Å². The third-order valence-electron chi connectivity index (χ3n) is 2.41. The Bertz CT molecular complexity index is 688. The van der Waals surface area contributed by atoms with Gasteiger partial charge in [-0.05, 0) is 57.3 Å². The summed E-state index contributed by atoms with van der Waals surface area (Å²) in [5, 5.41) is 4.67. The summed E-state index contributed by atoms with van der Waals surface area (Å²) >= 11 is 4.47. The number of hydrogen-bond donors (Lipinski definition) is 2. The number of aliphatic imine (C=N–C) groups is 1. The molecule has 126 valence electrons. The van der Waals surface area contributed by atoms with E-state index in [4.69, 9.17) is 4.74 Å². The largest absolute Gasteiger partial charge is 0.444 e. The zero-order valence-electron chi connectivity index (χ0n) is 13.1. The van der Waals surface area contributed by atoms with E-state index in [-0.39, 0.29) is 18.0 Å². The van der Waals surface area contributed by atoms with Gasteiger partial charge >= 0.3 is 6.09 Å². The second-order valence-corrected chi connectivity index (χ2v) is 7.47. The molecule has 0 unspecified atom stereocenters. The van der Waals surface area contributed by atoms with Crippen LogP contribution < -0.4 is 10.0 Å². The van der Waals surface area contributed by atoms with E-state index in [9.17, 15) is 13.2 Å². The molecule has 7 nitrogen and oxygen atoms in total. The summed E-state index contributed by atoms with van der Waals surface area (Å²) in [5.41, 5.74) is -0.0819. The third kappa shape index (κ3) is 7.34. The first-order valence-electron chi connectivity index (χ1n) is 6.78. The van der Waals surface area contributed by atoms with Gasteiger partial charge in [-0.2, -0.15) is 4.99 Å². The minimum atomic E-state index is -3.66. The lowest BCUT2D eigenvalue weighted by Gasteiger charge is -2.19. The molecule has 1 rings (SSSR count). The molecule has 0 saturated carbocycles. The highest BCUT2D eigenvalue weighted by molar-refractivity contribution is 7.89. The molecule has 0 aromatic heterocycles. The number of isothiocyanates is 1. The van der Waals surface area contributed by atoms with Crippen molar-refractivity contribution in [2.75, 3.05) is 13.1 Å². The standard InChI is InChI=1S/C14H19N3O4S2/c1-14(2,3)21-13(18)15-8-9-17-23(19,20)12-6-4-11(5-7-12)16-10-22/h4-7,17H,8-9H2,1-3H3,(H,15,18). The van der Waals surface area contributed by atoms with E-state index in [2.05, 4.69) is 32.4 Å². The summed E-state index contributed by atoms with van der Waals surface area (Å²) in [4.78, 5) is 15.3. The zero-order valence-corrected chi connectivity index (χ0v) is 14.8. The Morgan fingerprint density at radius 3 is 2.39 bits per heavy atom. The van der Waals surface area contributed by atoms with Crippen LogP contribution in [0.15, 0.2) is 34.2 Å². The van der Waals surface area contributed by atoms with Gasteiger partial charge in [-0.25, -0.2) is 17.9 Å². The van der Waals surface area contributed by atoms with E-state index in [0.29, 0.717) is 5.69 Å². The van der Waals surface area contributed by atoms with Crippen molar-refractivity contribution in [2.24, 2.45) is 4.99 Å². The molecule has 0 spiro atoms. The maximum atomic E-state index is 12.1. The molecule has 0 aliphatic rings. The highest BCUT2D eigenvalue weighted by Gasteiger charge is 2.16. The molecule has 0 saturated heterocycles. The molecule has 0 aliphatic heterocycles. The van der Waals surface area contributed by atoms with Crippen LogP contribution in [0.1, 0.15) is 20.8 Å². The first-order valence-corrected chi connectivity index (χ1v) is 8.68. The van der Waals surface area contributed by atoms with Gasteiger partial charge in [-0.1, -0.05) is 0 Å². The van der Waals surface area contributed by atoms with Crippen molar-refractivity contribution in [2.45, 2.75) is 31.3 Å². The second-order valence-electron chi connectivity index (χ2n) is 5.52. The topological polar surface area (TPSA) is 96.9 Å². The number of ether oxygens (including phenoxy) is 1. The Kier molecular flexibility index (Phi) is 6.83. The summed E-state index contributed by atoms with van der Waals surface area (Å²) < 4.78 is 31.5. The number of carbonyl (C=O) groups is 1. The van der Waals surface area contributed by atoms with Gasteiger partial charge in [0.15, 0.2) is 0 Å². The molecule has 0 atom stereocenters. The number of benzene rings is 1. The van der Waals surface area contributed by atoms with Gasteiger partial charge in [-0.3, -0.25) is 0 Å². The quantitative estimate of drug-likeness (QED) is 0.462. The predicted molar refractivity (Wildman–Crippen MR) is 90.6 cm³/mol. The smallest absolute Gasteiger partial charge is 0.407 e. The number of nitrogens with one attached hydrogen (secondary N) is 2. The van der Waals surface area contributed by atoms with Gasteiger partial charge in [0.05, 0.1) is 15.7 Å². The highest BCUT2D eigenvalue weighted by atomic mass is 32.2. The van der Waals surface area contributed by atoms with Gasteiger partial charge in [0.2, 0.25) is 10.0 Å². The van der Waals surface area contributed by atoms with E-state index in [1.54, 1.807) is 20.8 Å². The average molecular weight is 357 g/mol. The van der Waals surface area contributed by atoms with Crippen LogP contribution in [-0.2, 0) is 14.8 Å². The fourth-order valence-electron chi connectivity index (χ4n) is 1.50. The second kappa shape index (κ2) is 8.16. The Hall–Kier alpha value is -1.80. The lowest BCUT2D eigenvalue weighted by molar-refractivity contribution is 0.0529. The van der Waals surface area contributed by atoms with E-state index >= 15 is 0 Å². The van der Waals surface area contributed by atoms with Crippen LogP contribution in [-0.4, -0.2) is 38.4 Å². The summed E-state index contributed by atoms with van der Waals surface area (Å²) in [5.74, 6) is 0. The number of amides is 1. The predicted octanol–water partition coefficient (Wildman–Crippen LogP) is 2.22. The van der Waals surface area contributed by atoms with Crippen molar-refractivity contribution >= 4 is 39.2 Å². The molecular formula is C14H19N3O4S2. The molecule has 0 radical (unpaired) electrons. The van der Waals surface area contributed by atoms with Crippen molar-refractivity contribution < 1.29 is 17.9 Å². The lowest BCUT2D eigenvalue weighted by atomic mass is 10.2. The van der Waals surface area contributed by atoms with E-state index in [1.165, 1.54) is 24.3 Å². The summed E-state index contributed by atoms with van der Waals surface area (Å²) in [7, 11) is -3.66. The maximum Gasteiger partial charge on any atom is 0.407 e. The number of nitrogens with zero attached hydrogens (tertiary/aromatic N) is 1. The molecule has 0 aliphatic carbocycles. The summed E-state index contributed by atoms with van der Waals surface area (Å²) in [6, 6.07) is 5.86. The van der Waals surface area contributed by atoms with Crippen LogP contribution in [0, 0.1) is 0 Å². The van der Waals surface area contributed by atoms with Crippen LogP contribution in [0.4, 0.5) is 10.5 Å². The molecule has 2 N–H and O–H groups in total. The molecule has 23 heavy (non-hydrogen) atoms. The Labute approximate surface area is 141 Å². The number of thiocarbonyl (C=S) groups is 1. The summed E-state index contributed by atoms with van der Waals surface area (Å²) in [6.07, 6.45) is -0.598. The first kappa shape index (κ1) is 19.2. The maximum absolute atomic E-state index is 12.1. The van der Waals surface area contributed by atoms with Gasteiger partial charge in [-0.15, -0.1) is 0 Å². The van der Waals surface area contributed by atoms with Crippen molar-refractivity contribution in [3.63, 3.8) is 0 Å². The number of rotatable bonds is 6. The number of alkyl carbamates (subject to hydrolysis) is 1. The first-order chi connectivity index (χ1) is 10.6. The Balaban J connectivity index is 2.50. The molecule has 1 aromatic rings. The van der Waals surface area contributed by atoms with Crippen molar-refractivity contribution in [3.8, 4) is 0 Å². The van der Waals surface area contributed by atoms with Gasteiger partial charge in [0, 0.05) is 13.1 Å². The van der Waals surface area contributed by atoms with Crippen LogP contribution in [0.3, 0.4) is 0 Å². The molecular weight excluding hydrogens is 338 g/mol. The normalized spacial score (nSPS) is 11.4. The Morgan fingerprint density at radius 1 is 1.26 bits per heavy atom. The van der Waals surface area contributed by atoms with Crippen LogP contribution in [0.5, 0.6) is 0 Å². The van der Waals surface area contributed by atoms with Crippen molar-refractivity contribution in [1.82, 2.24) is 10.0 Å². The lowest BCUT2D eigenvalue weighted by Crippen LogP contribution is -2.37. The molecule has 0 bridgehead atoms. The average Bonchev–Trinajstić information content (AvgIpc) is 2.43. The highest BCUT2D eigenvalue weighted by Crippen LogP contribution is 2.15. The van der Waals surface area contributed by atoms with Crippen molar-refractivity contribution in [1.29, 1.82) is 0 Å². The molecule has 1 amide bonds. The Morgan fingerprint density at radius 2 is 1.87 bits per heavy atom. The monoisotopic (exact) mass is 357 g/mol. The van der Waals surface area contributed by atoms with E-state index in [1.807, 2.05) is 0 Å². The minimum Gasteiger partial charge on any atom is -0.444 e. The minimum absolute atomic E-state index is 0.0431. The van der Waals surface area contributed by atoms with E-state index in [0.717, 1.165) is 0 Å². The summed E-state index contributed by atoms with van der Waals surface area (Å²) in [6.45, 7) is 5.38. The van der Waals surface area contributed by atoms with E-state index < -0.39 is 21.7 Å². The van der Waals surface area contributed by atoms with Crippen LogP contribution in [0.25, 0.3) is 0 Å². The third-order valence-corrected chi connectivity index (χ3v) is 3.98. The van der Waals surface area contributed by atoms with Crippen LogP contribution in [0.2, 0.25) is 0 Å². The fraction of sp³-hybridized carbons (Fsp3) is 0.429. The number of carbonyl (C=O) groups excluding carboxylic acids is 1. The number of hydrogen-bond acceptors (Lipinski definition) is 6. The van der Waals surface area contributed by atoms with Crippen LogP contribution >= 0.6 is 12.2 Å². The SMILES string of the molecule is CC(C)(C)OC(=O)NCCNS(=O)(=O)c1ccc(N=C=S)cc1. The van der Waals surface area contributed by atoms with Gasteiger partial charge < -0.3 is 10.1 Å². The molecule has 0 fully saturated rings. The zero-order chi connectivity index (χ0) is 17.5. The molecule has 0 heterocycles. The van der Waals surface area contributed by atoms with Gasteiger partial charge in [0.25, 0.3) is 0 Å². The number of sulfonamides is 1. The van der Waals surface area contributed by atoms with Crippen molar-refractivity contribution in [3.05, 3.63) is 24.3 Å². The molecule has 9 heteroatoms. The molecule has 1 aromatic carbocycles. The fourth-order valence-corrected chi connectivity index (χ4v) is 2.64.